The normalized spacial score (nSPS) is 16.7. The van der Waals surface area contributed by atoms with E-state index in [-0.39, 0.29) is 37.1 Å². The summed E-state index contributed by atoms with van der Waals surface area (Å²) in [5, 5.41) is 8.83. The number of hydrogen-bond acceptors (Lipinski definition) is 5. The zero-order valence-electron chi connectivity index (χ0n) is 13.3. The number of methoxy groups -OCH3 is 1. The Morgan fingerprint density at radius 1 is 1.25 bits per heavy atom. The van der Waals surface area contributed by atoms with E-state index in [0.717, 1.165) is 0 Å². The number of ether oxygens (including phenoxy) is 1. The molecule has 2 rings (SSSR count). The molecule has 1 aromatic carbocycles. The van der Waals surface area contributed by atoms with Crippen LogP contribution in [-0.2, 0) is 26.3 Å². The number of benzene rings is 1. The number of carbonyl (C=O) groups excluding carboxylic acids is 1. The van der Waals surface area contributed by atoms with Crippen LogP contribution in [0.1, 0.15) is 28.8 Å². The molecule has 0 amide bonds. The van der Waals surface area contributed by atoms with E-state index in [4.69, 9.17) is 5.11 Å². The number of hydrogen-bond donors (Lipinski definition) is 2. The summed E-state index contributed by atoms with van der Waals surface area (Å²) in [6.45, 7) is 0.583. The molecule has 1 aliphatic rings. The topological polar surface area (TPSA) is 113 Å². The van der Waals surface area contributed by atoms with Crippen LogP contribution in [0.4, 0.5) is 0 Å². The standard InChI is InChI=1S/C15H20N2O6S/c1-23-15(20)13-6-8-17(9-7-13)24(21,22)16-10-11-2-4-12(5-3-11)14(18)19/h2-5,13,16H,6-10H2,1H3,(H,18,19). The second-order valence-corrected chi connectivity index (χ2v) is 7.28. The van der Waals surface area contributed by atoms with Crippen molar-refractivity contribution in [2.45, 2.75) is 19.4 Å². The Hall–Kier alpha value is -1.97. The molecule has 0 atom stereocenters. The number of carboxylic acids is 1. The van der Waals surface area contributed by atoms with Gasteiger partial charge in [0.1, 0.15) is 0 Å². The van der Waals surface area contributed by atoms with Crippen LogP contribution in [0.2, 0.25) is 0 Å². The lowest BCUT2D eigenvalue weighted by Gasteiger charge is -2.29. The summed E-state index contributed by atoms with van der Waals surface area (Å²) in [7, 11) is -2.33. The fraction of sp³-hybridized carbons (Fsp3) is 0.467. The first kappa shape index (κ1) is 18.4. The summed E-state index contributed by atoms with van der Waals surface area (Å²) in [5.74, 6) is -1.60. The van der Waals surface area contributed by atoms with E-state index in [9.17, 15) is 18.0 Å². The van der Waals surface area contributed by atoms with Crippen molar-refractivity contribution in [3.05, 3.63) is 35.4 Å². The Morgan fingerprint density at radius 3 is 2.33 bits per heavy atom. The largest absolute Gasteiger partial charge is 0.478 e. The number of nitrogens with one attached hydrogen (secondary N) is 1. The average Bonchev–Trinajstić information content (AvgIpc) is 2.59. The Morgan fingerprint density at radius 2 is 1.83 bits per heavy atom. The minimum Gasteiger partial charge on any atom is -0.478 e. The molecule has 0 spiro atoms. The monoisotopic (exact) mass is 356 g/mol. The third-order valence-corrected chi connectivity index (χ3v) is 5.54. The van der Waals surface area contributed by atoms with Crippen LogP contribution < -0.4 is 4.72 Å². The zero-order chi connectivity index (χ0) is 17.7. The van der Waals surface area contributed by atoms with Crippen molar-refractivity contribution in [2.24, 2.45) is 5.92 Å². The van der Waals surface area contributed by atoms with Crippen molar-refractivity contribution in [2.75, 3.05) is 20.2 Å². The third kappa shape index (κ3) is 4.53. The van der Waals surface area contributed by atoms with Crippen LogP contribution in [0.5, 0.6) is 0 Å². The molecule has 1 aromatic rings. The molecule has 2 N–H and O–H groups in total. The molecule has 1 saturated heterocycles. The first-order valence-corrected chi connectivity index (χ1v) is 8.92. The van der Waals surface area contributed by atoms with Gasteiger partial charge in [0, 0.05) is 19.6 Å². The van der Waals surface area contributed by atoms with Crippen molar-refractivity contribution in [1.82, 2.24) is 9.03 Å². The molecular formula is C15H20N2O6S. The predicted molar refractivity (Wildman–Crippen MR) is 85.5 cm³/mol. The minimum atomic E-state index is -3.65. The molecule has 9 heteroatoms. The second kappa shape index (κ2) is 7.73. The Labute approximate surface area is 140 Å². The molecule has 1 heterocycles. The fourth-order valence-corrected chi connectivity index (χ4v) is 3.75. The van der Waals surface area contributed by atoms with Gasteiger partial charge in [-0.25, -0.2) is 4.79 Å². The maximum Gasteiger partial charge on any atom is 0.335 e. The number of piperidine rings is 1. The molecule has 0 aliphatic carbocycles. The summed E-state index contributed by atoms with van der Waals surface area (Å²) >= 11 is 0. The summed E-state index contributed by atoms with van der Waals surface area (Å²) < 4.78 is 33.0. The summed E-state index contributed by atoms with van der Waals surface area (Å²) in [5.41, 5.74) is 0.805. The van der Waals surface area contributed by atoms with Gasteiger partial charge < -0.3 is 9.84 Å². The molecule has 24 heavy (non-hydrogen) atoms. The molecular weight excluding hydrogens is 336 g/mol. The first-order valence-electron chi connectivity index (χ1n) is 7.48. The van der Waals surface area contributed by atoms with Crippen LogP contribution in [0.15, 0.2) is 24.3 Å². The number of nitrogens with zero attached hydrogens (tertiary/aromatic N) is 1. The van der Waals surface area contributed by atoms with Crippen LogP contribution in [0, 0.1) is 5.92 Å². The molecule has 0 unspecified atom stereocenters. The van der Waals surface area contributed by atoms with Gasteiger partial charge in [0.2, 0.25) is 0 Å². The quantitative estimate of drug-likeness (QED) is 0.722. The van der Waals surface area contributed by atoms with E-state index in [1.165, 1.54) is 23.5 Å². The molecule has 132 valence electrons. The van der Waals surface area contributed by atoms with Gasteiger partial charge in [0.05, 0.1) is 18.6 Å². The SMILES string of the molecule is COC(=O)C1CCN(S(=O)(=O)NCc2ccc(C(=O)O)cc2)CC1. The highest BCUT2D eigenvalue weighted by Crippen LogP contribution is 2.20. The molecule has 0 aromatic heterocycles. The van der Waals surface area contributed by atoms with Gasteiger partial charge >= 0.3 is 11.9 Å². The van der Waals surface area contributed by atoms with Crippen molar-refractivity contribution < 1.29 is 27.9 Å². The van der Waals surface area contributed by atoms with Crippen LogP contribution >= 0.6 is 0 Å². The van der Waals surface area contributed by atoms with Crippen LogP contribution in [0.3, 0.4) is 0 Å². The zero-order valence-corrected chi connectivity index (χ0v) is 14.1. The Balaban J connectivity index is 1.90. The first-order chi connectivity index (χ1) is 11.3. The van der Waals surface area contributed by atoms with E-state index in [1.54, 1.807) is 12.1 Å². The van der Waals surface area contributed by atoms with Crippen molar-refractivity contribution in [1.29, 1.82) is 0 Å². The highest BCUT2D eigenvalue weighted by atomic mass is 32.2. The number of rotatable bonds is 6. The molecule has 8 nitrogen and oxygen atoms in total. The summed E-state index contributed by atoms with van der Waals surface area (Å²) in [6, 6.07) is 5.98. The van der Waals surface area contributed by atoms with Gasteiger partial charge in [0.15, 0.2) is 0 Å². The number of carboxylic acid groups (broad SMARTS) is 1. The van der Waals surface area contributed by atoms with Crippen molar-refractivity contribution in [3.63, 3.8) is 0 Å². The van der Waals surface area contributed by atoms with E-state index in [0.29, 0.717) is 18.4 Å². The lowest BCUT2D eigenvalue weighted by molar-refractivity contribution is -0.146. The average molecular weight is 356 g/mol. The highest BCUT2D eigenvalue weighted by Gasteiger charge is 2.31. The Bertz CT molecular complexity index is 693. The van der Waals surface area contributed by atoms with E-state index >= 15 is 0 Å². The van der Waals surface area contributed by atoms with Gasteiger partial charge in [-0.3, -0.25) is 4.79 Å². The number of carbonyl (C=O) groups is 2. The van der Waals surface area contributed by atoms with Crippen molar-refractivity contribution >= 4 is 22.1 Å². The number of aromatic carboxylic acids is 1. The van der Waals surface area contributed by atoms with E-state index in [1.807, 2.05) is 0 Å². The Kier molecular flexibility index (Phi) is 5.92. The van der Waals surface area contributed by atoms with E-state index in [2.05, 4.69) is 9.46 Å². The lowest BCUT2D eigenvalue weighted by atomic mass is 9.99. The molecule has 0 radical (unpaired) electrons. The molecule has 1 fully saturated rings. The maximum absolute atomic E-state index is 12.3. The maximum atomic E-state index is 12.3. The second-order valence-electron chi connectivity index (χ2n) is 5.52. The molecule has 0 bridgehead atoms. The van der Waals surface area contributed by atoms with Gasteiger partial charge in [0.25, 0.3) is 10.2 Å². The smallest absolute Gasteiger partial charge is 0.335 e. The minimum absolute atomic E-state index is 0.0686. The third-order valence-electron chi connectivity index (χ3n) is 3.99. The number of esters is 1. The summed E-state index contributed by atoms with van der Waals surface area (Å²) in [4.78, 5) is 22.2. The predicted octanol–water partition coefficient (Wildman–Crippen LogP) is 0.604. The van der Waals surface area contributed by atoms with Gasteiger partial charge in [-0.15, -0.1) is 0 Å². The van der Waals surface area contributed by atoms with E-state index < -0.39 is 16.2 Å². The van der Waals surface area contributed by atoms with Gasteiger partial charge in [-0.2, -0.15) is 17.4 Å². The van der Waals surface area contributed by atoms with Gasteiger partial charge in [-0.1, -0.05) is 12.1 Å². The van der Waals surface area contributed by atoms with Crippen molar-refractivity contribution in [3.8, 4) is 0 Å². The fourth-order valence-electron chi connectivity index (χ4n) is 2.53. The van der Waals surface area contributed by atoms with Crippen LogP contribution in [0.25, 0.3) is 0 Å². The van der Waals surface area contributed by atoms with Gasteiger partial charge in [-0.05, 0) is 30.5 Å². The molecule has 1 aliphatic heterocycles. The summed E-state index contributed by atoms with van der Waals surface area (Å²) in [6.07, 6.45) is 0.863. The lowest BCUT2D eigenvalue weighted by Crippen LogP contribution is -2.45. The van der Waals surface area contributed by atoms with Crippen LogP contribution in [-0.4, -0.2) is 50.0 Å². The highest BCUT2D eigenvalue weighted by molar-refractivity contribution is 7.87. The molecule has 0 saturated carbocycles.